The maximum absolute atomic E-state index is 12.1. The Morgan fingerprint density at radius 3 is 2.90 bits per heavy atom. The lowest BCUT2D eigenvalue weighted by molar-refractivity contribution is -0.138. The van der Waals surface area contributed by atoms with Crippen molar-refractivity contribution in [3.63, 3.8) is 0 Å². The number of nitrogens with zero attached hydrogens (tertiary/aromatic N) is 2. The maximum Gasteiger partial charge on any atom is 0.260 e. The molecule has 1 unspecified atom stereocenters. The molecule has 0 aromatic carbocycles. The molecule has 2 heterocycles. The molecular formula is C12H16N4O3S. The van der Waals surface area contributed by atoms with Crippen molar-refractivity contribution in [2.75, 3.05) is 18.9 Å². The number of anilines is 1. The molecule has 0 saturated carbocycles. The van der Waals surface area contributed by atoms with E-state index >= 15 is 0 Å². The van der Waals surface area contributed by atoms with Crippen LogP contribution in [-0.2, 0) is 9.59 Å². The standard InChI is InChI=1S/C12H16N4O3S/c1-16-5-3-2-4-7(11(16)19)10(18)15-12-14-6-8(20-12)9(13)17/h6-7H,2-5H2,1H3,(H2,13,17)(H,14,15,18). The Morgan fingerprint density at radius 1 is 1.50 bits per heavy atom. The molecule has 1 atom stereocenters. The van der Waals surface area contributed by atoms with Gasteiger partial charge in [0.1, 0.15) is 10.8 Å². The first-order chi connectivity index (χ1) is 9.49. The van der Waals surface area contributed by atoms with E-state index in [1.165, 1.54) is 6.20 Å². The Bertz CT molecular complexity index is 543. The predicted molar refractivity (Wildman–Crippen MR) is 74.2 cm³/mol. The summed E-state index contributed by atoms with van der Waals surface area (Å²) < 4.78 is 0. The largest absolute Gasteiger partial charge is 0.365 e. The summed E-state index contributed by atoms with van der Waals surface area (Å²) in [5, 5.41) is 2.86. The Balaban J connectivity index is 2.06. The molecule has 0 aliphatic carbocycles. The molecule has 0 bridgehead atoms. The second-order valence-corrected chi connectivity index (χ2v) is 5.72. The number of thiazole rings is 1. The van der Waals surface area contributed by atoms with Crippen LogP contribution in [0.2, 0.25) is 0 Å². The van der Waals surface area contributed by atoms with Crippen LogP contribution in [0.4, 0.5) is 5.13 Å². The van der Waals surface area contributed by atoms with Crippen molar-refractivity contribution < 1.29 is 14.4 Å². The average molecular weight is 296 g/mol. The zero-order valence-corrected chi connectivity index (χ0v) is 11.9. The van der Waals surface area contributed by atoms with Crippen LogP contribution in [0.25, 0.3) is 0 Å². The van der Waals surface area contributed by atoms with E-state index in [4.69, 9.17) is 5.73 Å². The SMILES string of the molecule is CN1CCCCC(C(=O)Nc2ncc(C(N)=O)s2)C1=O. The Labute approximate surface area is 120 Å². The van der Waals surface area contributed by atoms with Gasteiger partial charge in [0.05, 0.1) is 6.20 Å². The number of likely N-dealkylation sites (tertiary alicyclic amines) is 1. The van der Waals surface area contributed by atoms with Crippen LogP contribution in [-0.4, -0.2) is 41.2 Å². The number of amides is 3. The summed E-state index contributed by atoms with van der Waals surface area (Å²) >= 11 is 0.998. The smallest absolute Gasteiger partial charge is 0.260 e. The van der Waals surface area contributed by atoms with E-state index in [0.717, 1.165) is 24.2 Å². The molecule has 1 saturated heterocycles. The van der Waals surface area contributed by atoms with Gasteiger partial charge in [-0.05, 0) is 12.8 Å². The van der Waals surface area contributed by atoms with Gasteiger partial charge < -0.3 is 16.0 Å². The van der Waals surface area contributed by atoms with E-state index in [1.54, 1.807) is 11.9 Å². The van der Waals surface area contributed by atoms with E-state index in [-0.39, 0.29) is 21.8 Å². The lowest BCUT2D eigenvalue weighted by Gasteiger charge is -2.18. The number of nitrogens with one attached hydrogen (secondary N) is 1. The molecule has 3 N–H and O–H groups in total. The molecule has 108 valence electrons. The van der Waals surface area contributed by atoms with Crippen LogP contribution in [0.3, 0.4) is 0 Å². The summed E-state index contributed by atoms with van der Waals surface area (Å²) in [5.41, 5.74) is 5.12. The second kappa shape index (κ2) is 6.00. The first-order valence-corrected chi connectivity index (χ1v) is 7.12. The van der Waals surface area contributed by atoms with Crippen LogP contribution >= 0.6 is 11.3 Å². The van der Waals surface area contributed by atoms with E-state index < -0.39 is 11.8 Å². The van der Waals surface area contributed by atoms with Crippen molar-refractivity contribution in [2.45, 2.75) is 19.3 Å². The molecule has 0 spiro atoms. The molecule has 1 aromatic rings. The van der Waals surface area contributed by atoms with Gasteiger partial charge >= 0.3 is 0 Å². The summed E-state index contributed by atoms with van der Waals surface area (Å²) in [6.45, 7) is 0.672. The number of carbonyl (C=O) groups excluding carboxylic acids is 3. The Kier molecular flexibility index (Phi) is 4.33. The highest BCUT2D eigenvalue weighted by Crippen LogP contribution is 2.21. The topological polar surface area (TPSA) is 105 Å². The predicted octanol–water partition coefficient (Wildman–Crippen LogP) is 0.439. The number of hydrogen-bond donors (Lipinski definition) is 2. The summed E-state index contributed by atoms with van der Waals surface area (Å²) in [7, 11) is 1.70. The third kappa shape index (κ3) is 3.13. The number of aromatic nitrogens is 1. The molecule has 2 rings (SSSR count). The van der Waals surface area contributed by atoms with Crippen LogP contribution in [0, 0.1) is 5.92 Å². The fourth-order valence-electron chi connectivity index (χ4n) is 2.08. The highest BCUT2D eigenvalue weighted by molar-refractivity contribution is 7.17. The van der Waals surface area contributed by atoms with Gasteiger partial charge in [0.25, 0.3) is 5.91 Å². The molecule has 20 heavy (non-hydrogen) atoms. The molecule has 1 fully saturated rings. The van der Waals surface area contributed by atoms with Gasteiger partial charge in [-0.15, -0.1) is 0 Å². The normalized spacial score (nSPS) is 19.6. The van der Waals surface area contributed by atoms with Gasteiger partial charge in [-0.2, -0.15) is 0 Å². The first kappa shape index (κ1) is 14.4. The van der Waals surface area contributed by atoms with Gasteiger partial charge in [-0.1, -0.05) is 17.8 Å². The van der Waals surface area contributed by atoms with Crippen LogP contribution in [0.5, 0.6) is 0 Å². The van der Waals surface area contributed by atoms with Gasteiger partial charge in [-0.25, -0.2) is 4.98 Å². The highest BCUT2D eigenvalue weighted by Gasteiger charge is 2.31. The molecular weight excluding hydrogens is 280 g/mol. The zero-order valence-electron chi connectivity index (χ0n) is 11.1. The zero-order chi connectivity index (χ0) is 14.7. The molecule has 0 radical (unpaired) electrons. The molecule has 8 heteroatoms. The fraction of sp³-hybridized carbons (Fsp3) is 0.500. The lowest BCUT2D eigenvalue weighted by atomic mass is 10.0. The number of carbonyl (C=O) groups is 3. The van der Waals surface area contributed by atoms with Crippen LogP contribution in [0.15, 0.2) is 6.20 Å². The molecule has 3 amide bonds. The minimum atomic E-state index is -0.691. The maximum atomic E-state index is 12.1. The van der Waals surface area contributed by atoms with Gasteiger partial charge in [0.2, 0.25) is 11.8 Å². The number of rotatable bonds is 3. The first-order valence-electron chi connectivity index (χ1n) is 6.30. The molecule has 1 aliphatic rings. The van der Waals surface area contributed by atoms with Crippen molar-refractivity contribution >= 4 is 34.2 Å². The van der Waals surface area contributed by atoms with Crippen molar-refractivity contribution in [3.05, 3.63) is 11.1 Å². The van der Waals surface area contributed by atoms with Crippen LogP contribution in [0.1, 0.15) is 28.9 Å². The average Bonchev–Trinajstić information content (AvgIpc) is 2.79. The van der Waals surface area contributed by atoms with Crippen molar-refractivity contribution in [1.29, 1.82) is 0 Å². The monoisotopic (exact) mass is 296 g/mol. The summed E-state index contributed by atoms with van der Waals surface area (Å²) in [6.07, 6.45) is 3.57. The minimum Gasteiger partial charge on any atom is -0.365 e. The Morgan fingerprint density at radius 2 is 2.25 bits per heavy atom. The Hall–Kier alpha value is -1.96. The summed E-state index contributed by atoms with van der Waals surface area (Å²) in [4.78, 5) is 40.9. The number of nitrogens with two attached hydrogens (primary N) is 1. The number of primary amides is 1. The molecule has 1 aliphatic heterocycles. The van der Waals surface area contributed by atoms with Crippen molar-refractivity contribution in [1.82, 2.24) is 9.88 Å². The van der Waals surface area contributed by atoms with Gasteiger partial charge in [0.15, 0.2) is 5.13 Å². The summed E-state index contributed by atoms with van der Waals surface area (Å²) in [6, 6.07) is 0. The molecule has 7 nitrogen and oxygen atoms in total. The van der Waals surface area contributed by atoms with Crippen molar-refractivity contribution in [3.8, 4) is 0 Å². The fourth-order valence-corrected chi connectivity index (χ4v) is 2.75. The highest BCUT2D eigenvalue weighted by atomic mass is 32.1. The summed E-state index contributed by atoms with van der Waals surface area (Å²) in [5.74, 6) is -1.84. The third-order valence-electron chi connectivity index (χ3n) is 3.21. The lowest BCUT2D eigenvalue weighted by Crippen LogP contribution is -2.37. The minimum absolute atomic E-state index is 0.174. The van der Waals surface area contributed by atoms with Gasteiger partial charge in [-0.3, -0.25) is 14.4 Å². The van der Waals surface area contributed by atoms with E-state index in [2.05, 4.69) is 10.3 Å². The van der Waals surface area contributed by atoms with E-state index in [9.17, 15) is 14.4 Å². The quantitative estimate of drug-likeness (QED) is 0.789. The van der Waals surface area contributed by atoms with E-state index in [1.807, 2.05) is 0 Å². The third-order valence-corrected chi connectivity index (χ3v) is 4.13. The molecule has 1 aromatic heterocycles. The second-order valence-electron chi connectivity index (χ2n) is 4.69. The van der Waals surface area contributed by atoms with E-state index in [0.29, 0.717) is 13.0 Å². The number of hydrogen-bond acceptors (Lipinski definition) is 5. The van der Waals surface area contributed by atoms with Crippen molar-refractivity contribution in [2.24, 2.45) is 11.7 Å². The van der Waals surface area contributed by atoms with Crippen LogP contribution < -0.4 is 11.1 Å². The van der Waals surface area contributed by atoms with Gasteiger partial charge in [0, 0.05) is 13.6 Å².